The Morgan fingerprint density at radius 3 is 2.29 bits per heavy atom. The van der Waals surface area contributed by atoms with E-state index >= 15 is 0 Å². The summed E-state index contributed by atoms with van der Waals surface area (Å²) < 4.78 is 5.09. The lowest BCUT2D eigenvalue weighted by Gasteiger charge is -2.09. The SMILES string of the molecule is COc1ccc(-c2ccc3ccccc3c2)cc1C(=O)O. The van der Waals surface area contributed by atoms with E-state index in [1.807, 2.05) is 36.4 Å². The van der Waals surface area contributed by atoms with Gasteiger partial charge in [0.1, 0.15) is 11.3 Å². The molecule has 0 aromatic heterocycles. The van der Waals surface area contributed by atoms with E-state index in [2.05, 4.69) is 12.1 Å². The summed E-state index contributed by atoms with van der Waals surface area (Å²) in [6, 6.07) is 19.4. The molecule has 0 saturated heterocycles. The van der Waals surface area contributed by atoms with Crippen molar-refractivity contribution in [3.63, 3.8) is 0 Å². The fraction of sp³-hybridized carbons (Fsp3) is 0.0556. The van der Waals surface area contributed by atoms with Crippen molar-refractivity contribution in [2.75, 3.05) is 7.11 Å². The highest BCUT2D eigenvalue weighted by atomic mass is 16.5. The topological polar surface area (TPSA) is 46.5 Å². The first-order chi connectivity index (χ1) is 10.2. The summed E-state index contributed by atoms with van der Waals surface area (Å²) in [5.41, 5.74) is 2.01. The first-order valence-electron chi connectivity index (χ1n) is 6.59. The number of carboxylic acid groups (broad SMARTS) is 1. The van der Waals surface area contributed by atoms with Crippen molar-refractivity contribution < 1.29 is 14.6 Å². The van der Waals surface area contributed by atoms with Gasteiger partial charge in [-0.1, -0.05) is 42.5 Å². The Morgan fingerprint density at radius 2 is 1.57 bits per heavy atom. The average Bonchev–Trinajstić information content (AvgIpc) is 2.53. The second-order valence-electron chi connectivity index (χ2n) is 4.78. The van der Waals surface area contributed by atoms with Crippen LogP contribution in [0.5, 0.6) is 5.75 Å². The van der Waals surface area contributed by atoms with Crippen molar-refractivity contribution >= 4 is 16.7 Å². The molecule has 0 aliphatic carbocycles. The minimum atomic E-state index is -0.991. The van der Waals surface area contributed by atoms with E-state index in [0.29, 0.717) is 5.75 Å². The van der Waals surface area contributed by atoms with E-state index in [-0.39, 0.29) is 5.56 Å². The van der Waals surface area contributed by atoms with Crippen LogP contribution in [0.15, 0.2) is 60.7 Å². The van der Waals surface area contributed by atoms with Gasteiger partial charge in [-0.05, 0) is 40.1 Å². The van der Waals surface area contributed by atoms with Crippen molar-refractivity contribution in [1.29, 1.82) is 0 Å². The van der Waals surface area contributed by atoms with Crippen molar-refractivity contribution in [2.24, 2.45) is 0 Å². The van der Waals surface area contributed by atoms with Crippen LogP contribution in [-0.2, 0) is 0 Å². The number of rotatable bonds is 3. The zero-order chi connectivity index (χ0) is 14.8. The minimum Gasteiger partial charge on any atom is -0.496 e. The first kappa shape index (κ1) is 13.2. The Hall–Kier alpha value is -2.81. The van der Waals surface area contributed by atoms with Crippen LogP contribution < -0.4 is 4.74 Å². The summed E-state index contributed by atoms with van der Waals surface area (Å²) in [6.07, 6.45) is 0. The Bertz CT molecular complexity index is 822. The van der Waals surface area contributed by atoms with Crippen LogP contribution in [-0.4, -0.2) is 18.2 Å². The molecule has 0 atom stereocenters. The van der Waals surface area contributed by atoms with Crippen molar-refractivity contribution in [3.05, 3.63) is 66.2 Å². The van der Waals surface area contributed by atoms with Crippen molar-refractivity contribution in [3.8, 4) is 16.9 Å². The summed E-state index contributed by atoms with van der Waals surface area (Å²) in [5.74, 6) is -0.624. The third-order valence-corrected chi connectivity index (χ3v) is 3.51. The normalized spacial score (nSPS) is 10.5. The Labute approximate surface area is 122 Å². The van der Waals surface area contributed by atoms with E-state index in [0.717, 1.165) is 21.9 Å². The number of carboxylic acids is 1. The van der Waals surface area contributed by atoms with Crippen molar-refractivity contribution in [1.82, 2.24) is 0 Å². The lowest BCUT2D eigenvalue weighted by molar-refractivity contribution is 0.0693. The lowest BCUT2D eigenvalue weighted by Crippen LogP contribution is -2.00. The number of aromatic carboxylic acids is 1. The molecule has 104 valence electrons. The fourth-order valence-corrected chi connectivity index (χ4v) is 2.42. The molecule has 0 spiro atoms. The van der Waals surface area contributed by atoms with E-state index in [4.69, 9.17) is 4.74 Å². The molecule has 0 fully saturated rings. The Kier molecular flexibility index (Phi) is 3.32. The second-order valence-corrected chi connectivity index (χ2v) is 4.78. The molecule has 3 aromatic carbocycles. The predicted molar refractivity (Wildman–Crippen MR) is 82.9 cm³/mol. The van der Waals surface area contributed by atoms with E-state index in [1.54, 1.807) is 12.1 Å². The molecule has 0 aliphatic heterocycles. The molecule has 0 saturated carbocycles. The van der Waals surface area contributed by atoms with Gasteiger partial charge in [-0.3, -0.25) is 0 Å². The smallest absolute Gasteiger partial charge is 0.339 e. The van der Waals surface area contributed by atoms with Gasteiger partial charge in [-0.25, -0.2) is 4.79 Å². The number of benzene rings is 3. The largest absolute Gasteiger partial charge is 0.496 e. The molecule has 3 nitrogen and oxygen atoms in total. The maximum atomic E-state index is 11.3. The van der Waals surface area contributed by atoms with Crippen LogP contribution in [0.1, 0.15) is 10.4 Å². The highest BCUT2D eigenvalue weighted by Gasteiger charge is 2.12. The van der Waals surface area contributed by atoms with E-state index < -0.39 is 5.97 Å². The molecular formula is C18H14O3. The molecule has 21 heavy (non-hydrogen) atoms. The number of carbonyl (C=O) groups is 1. The quantitative estimate of drug-likeness (QED) is 0.780. The summed E-state index contributed by atoms with van der Waals surface area (Å²) >= 11 is 0. The van der Waals surface area contributed by atoms with Crippen LogP contribution in [0.4, 0.5) is 0 Å². The summed E-state index contributed by atoms with van der Waals surface area (Å²) in [5, 5.41) is 11.5. The van der Waals surface area contributed by atoms with Crippen LogP contribution in [0.3, 0.4) is 0 Å². The van der Waals surface area contributed by atoms with Gasteiger partial charge in [-0.2, -0.15) is 0 Å². The molecule has 3 aromatic rings. The monoisotopic (exact) mass is 278 g/mol. The van der Waals surface area contributed by atoms with Gasteiger partial charge in [0.25, 0.3) is 0 Å². The third kappa shape index (κ3) is 2.46. The second kappa shape index (κ2) is 5.29. The number of methoxy groups -OCH3 is 1. The van der Waals surface area contributed by atoms with Crippen molar-refractivity contribution in [2.45, 2.75) is 0 Å². The van der Waals surface area contributed by atoms with Crippen LogP contribution >= 0.6 is 0 Å². The zero-order valence-electron chi connectivity index (χ0n) is 11.5. The molecule has 1 N–H and O–H groups in total. The molecule has 0 unspecified atom stereocenters. The van der Waals surface area contributed by atoms with Gasteiger partial charge < -0.3 is 9.84 Å². The summed E-state index contributed by atoms with van der Waals surface area (Å²) in [7, 11) is 1.47. The number of hydrogen-bond donors (Lipinski definition) is 1. The first-order valence-corrected chi connectivity index (χ1v) is 6.59. The zero-order valence-corrected chi connectivity index (χ0v) is 11.5. The molecule has 0 radical (unpaired) electrons. The minimum absolute atomic E-state index is 0.170. The van der Waals surface area contributed by atoms with E-state index in [1.165, 1.54) is 7.11 Å². The molecule has 0 amide bonds. The molecule has 0 bridgehead atoms. The number of fused-ring (bicyclic) bond motifs is 1. The highest BCUT2D eigenvalue weighted by molar-refractivity contribution is 5.93. The maximum Gasteiger partial charge on any atom is 0.339 e. The highest BCUT2D eigenvalue weighted by Crippen LogP contribution is 2.29. The molecule has 3 heteroatoms. The van der Waals surface area contributed by atoms with Gasteiger partial charge in [0.05, 0.1) is 7.11 Å². The maximum absolute atomic E-state index is 11.3. The average molecular weight is 278 g/mol. The van der Waals surface area contributed by atoms with E-state index in [9.17, 15) is 9.90 Å². The fourth-order valence-electron chi connectivity index (χ4n) is 2.42. The third-order valence-electron chi connectivity index (χ3n) is 3.51. The molecule has 3 rings (SSSR count). The Balaban J connectivity index is 2.13. The van der Waals surface area contributed by atoms with Gasteiger partial charge in [0.2, 0.25) is 0 Å². The molecule has 0 aliphatic rings. The number of hydrogen-bond acceptors (Lipinski definition) is 2. The lowest BCUT2D eigenvalue weighted by atomic mass is 9.99. The molecule has 0 heterocycles. The van der Waals surface area contributed by atoms with Gasteiger partial charge in [0.15, 0.2) is 0 Å². The van der Waals surface area contributed by atoms with Gasteiger partial charge in [0, 0.05) is 0 Å². The van der Waals surface area contributed by atoms with Gasteiger partial charge >= 0.3 is 5.97 Å². The Morgan fingerprint density at radius 1 is 0.905 bits per heavy atom. The summed E-state index contributed by atoms with van der Waals surface area (Å²) in [4.78, 5) is 11.3. The number of ether oxygens (including phenoxy) is 1. The van der Waals surface area contributed by atoms with Crippen LogP contribution in [0.25, 0.3) is 21.9 Å². The molecular weight excluding hydrogens is 264 g/mol. The predicted octanol–water partition coefficient (Wildman–Crippen LogP) is 4.21. The standard InChI is InChI=1S/C18H14O3/c1-21-17-9-8-15(11-16(17)18(19)20)14-7-6-12-4-2-3-5-13(12)10-14/h2-11H,1H3,(H,19,20). The van der Waals surface area contributed by atoms with Crippen LogP contribution in [0.2, 0.25) is 0 Å². The summed E-state index contributed by atoms with van der Waals surface area (Å²) in [6.45, 7) is 0. The van der Waals surface area contributed by atoms with Gasteiger partial charge in [-0.15, -0.1) is 0 Å². The van der Waals surface area contributed by atoms with Crippen LogP contribution in [0, 0.1) is 0 Å².